The minimum Gasteiger partial charge on any atom is -0.465 e. The van der Waals surface area contributed by atoms with Crippen LogP contribution in [0.4, 0.5) is 10.6 Å². The zero-order valence-electron chi connectivity index (χ0n) is 17.9. The summed E-state index contributed by atoms with van der Waals surface area (Å²) in [5.41, 5.74) is 0.856. The standard InChI is InChI=1S/C21H29N5O3S/c1-13-16-18(22-14(2)23-19(16)30-17(13)20(27)29-3)25-9-11-26(12-10-25)21(28)24-15-7-5-4-6-8-15/h15H,4-12H2,1-3H3,(H,24,28). The third kappa shape index (κ3) is 4.08. The SMILES string of the molecule is COC(=O)c1sc2nc(C)nc(N3CCN(C(=O)NC4CCCCC4)CC3)c2c1C. The highest BCUT2D eigenvalue weighted by molar-refractivity contribution is 7.20. The van der Waals surface area contributed by atoms with Gasteiger partial charge in [0, 0.05) is 32.2 Å². The Labute approximate surface area is 180 Å². The number of urea groups is 1. The Hall–Kier alpha value is -2.42. The van der Waals surface area contributed by atoms with Gasteiger partial charge in [0.05, 0.1) is 12.5 Å². The van der Waals surface area contributed by atoms with Crippen LogP contribution in [0.5, 0.6) is 0 Å². The van der Waals surface area contributed by atoms with Gasteiger partial charge in [0.15, 0.2) is 0 Å². The number of ether oxygens (including phenoxy) is 1. The predicted molar refractivity (Wildman–Crippen MR) is 117 cm³/mol. The molecule has 2 aliphatic rings. The van der Waals surface area contributed by atoms with Crippen LogP contribution in [0.2, 0.25) is 0 Å². The van der Waals surface area contributed by atoms with Crippen molar-refractivity contribution >= 4 is 39.4 Å². The van der Waals surface area contributed by atoms with Crippen LogP contribution in [0.25, 0.3) is 10.2 Å². The summed E-state index contributed by atoms with van der Waals surface area (Å²) in [5.74, 6) is 1.17. The number of nitrogens with zero attached hydrogens (tertiary/aromatic N) is 4. The maximum Gasteiger partial charge on any atom is 0.348 e. The van der Waals surface area contributed by atoms with E-state index < -0.39 is 0 Å². The first-order valence-electron chi connectivity index (χ1n) is 10.6. The number of hydrogen-bond donors (Lipinski definition) is 1. The smallest absolute Gasteiger partial charge is 0.348 e. The lowest BCUT2D eigenvalue weighted by Crippen LogP contribution is -2.54. The number of hydrogen-bond acceptors (Lipinski definition) is 7. The fourth-order valence-electron chi connectivity index (χ4n) is 4.37. The molecule has 4 rings (SSSR count). The molecule has 3 heterocycles. The average Bonchev–Trinajstić information content (AvgIpc) is 3.09. The lowest BCUT2D eigenvalue weighted by molar-refractivity contribution is 0.0605. The van der Waals surface area contributed by atoms with Crippen molar-refractivity contribution in [1.29, 1.82) is 0 Å². The lowest BCUT2D eigenvalue weighted by Gasteiger charge is -2.36. The summed E-state index contributed by atoms with van der Waals surface area (Å²) in [4.78, 5) is 39.5. The van der Waals surface area contributed by atoms with Gasteiger partial charge in [0.2, 0.25) is 0 Å². The van der Waals surface area contributed by atoms with Gasteiger partial charge in [-0.25, -0.2) is 19.6 Å². The van der Waals surface area contributed by atoms with Gasteiger partial charge >= 0.3 is 12.0 Å². The number of carbonyl (C=O) groups is 2. The summed E-state index contributed by atoms with van der Waals surface area (Å²) in [7, 11) is 1.39. The molecule has 1 N–H and O–H groups in total. The summed E-state index contributed by atoms with van der Waals surface area (Å²) in [6.45, 7) is 6.48. The number of nitrogens with one attached hydrogen (secondary N) is 1. The second-order valence-electron chi connectivity index (χ2n) is 8.08. The zero-order chi connectivity index (χ0) is 21.3. The van der Waals surface area contributed by atoms with Crippen LogP contribution >= 0.6 is 11.3 Å². The summed E-state index contributed by atoms with van der Waals surface area (Å²) < 4.78 is 4.92. The largest absolute Gasteiger partial charge is 0.465 e. The topological polar surface area (TPSA) is 87.7 Å². The molecule has 8 nitrogen and oxygen atoms in total. The Bertz CT molecular complexity index is 946. The Balaban J connectivity index is 1.49. The molecule has 2 aromatic heterocycles. The van der Waals surface area contributed by atoms with Gasteiger partial charge in [-0.1, -0.05) is 19.3 Å². The fourth-order valence-corrected chi connectivity index (χ4v) is 5.51. The number of piperazine rings is 1. The van der Waals surface area contributed by atoms with Gasteiger partial charge in [-0.05, 0) is 32.3 Å². The molecule has 1 saturated heterocycles. The number of amides is 2. The van der Waals surface area contributed by atoms with Gasteiger partial charge in [-0.3, -0.25) is 0 Å². The van der Waals surface area contributed by atoms with Crippen LogP contribution < -0.4 is 10.2 Å². The van der Waals surface area contributed by atoms with Gasteiger partial charge in [-0.2, -0.15) is 0 Å². The van der Waals surface area contributed by atoms with Gasteiger partial charge in [0.25, 0.3) is 0 Å². The molecule has 2 amide bonds. The Morgan fingerprint density at radius 2 is 1.77 bits per heavy atom. The van der Waals surface area contributed by atoms with Crippen molar-refractivity contribution in [2.24, 2.45) is 0 Å². The molecule has 0 spiro atoms. The number of aryl methyl sites for hydroxylation is 2. The van der Waals surface area contributed by atoms with Crippen molar-refractivity contribution < 1.29 is 14.3 Å². The van der Waals surface area contributed by atoms with E-state index in [0.29, 0.717) is 42.9 Å². The second kappa shape index (κ2) is 8.75. The first-order valence-corrected chi connectivity index (χ1v) is 11.5. The maximum atomic E-state index is 12.7. The van der Waals surface area contributed by atoms with Crippen LogP contribution in [0.15, 0.2) is 0 Å². The predicted octanol–water partition coefficient (Wildman–Crippen LogP) is 3.26. The Morgan fingerprint density at radius 1 is 1.07 bits per heavy atom. The molecule has 2 aromatic rings. The number of aromatic nitrogens is 2. The number of methoxy groups -OCH3 is 1. The molecule has 0 radical (unpaired) electrons. The van der Waals surface area contributed by atoms with Crippen LogP contribution in [-0.2, 0) is 4.74 Å². The van der Waals surface area contributed by atoms with E-state index in [9.17, 15) is 9.59 Å². The molecule has 162 valence electrons. The number of thiophene rings is 1. The van der Waals surface area contributed by atoms with E-state index in [4.69, 9.17) is 9.72 Å². The quantitative estimate of drug-likeness (QED) is 0.751. The molecule has 1 aliphatic carbocycles. The third-order valence-corrected chi connectivity index (χ3v) is 7.22. The Morgan fingerprint density at radius 3 is 2.43 bits per heavy atom. The van der Waals surface area contributed by atoms with Gasteiger partial charge < -0.3 is 19.9 Å². The molecule has 0 atom stereocenters. The van der Waals surface area contributed by atoms with Crippen LogP contribution in [-0.4, -0.2) is 66.2 Å². The molecule has 0 bridgehead atoms. The molecule has 1 aliphatic heterocycles. The van der Waals surface area contributed by atoms with E-state index in [2.05, 4.69) is 15.2 Å². The van der Waals surface area contributed by atoms with Crippen molar-refractivity contribution in [2.75, 3.05) is 38.2 Å². The molecular weight excluding hydrogens is 402 g/mol. The van der Waals surface area contributed by atoms with E-state index in [1.807, 2.05) is 18.7 Å². The van der Waals surface area contributed by atoms with E-state index in [0.717, 1.165) is 34.4 Å². The first-order chi connectivity index (χ1) is 14.5. The van der Waals surface area contributed by atoms with E-state index in [1.165, 1.54) is 37.7 Å². The highest BCUT2D eigenvalue weighted by atomic mass is 32.1. The normalized spacial score (nSPS) is 18.0. The monoisotopic (exact) mass is 431 g/mol. The molecule has 0 aromatic carbocycles. The van der Waals surface area contributed by atoms with Crippen LogP contribution in [0, 0.1) is 13.8 Å². The first kappa shape index (κ1) is 20.8. The summed E-state index contributed by atoms with van der Waals surface area (Å²) in [6.07, 6.45) is 5.86. The van der Waals surface area contributed by atoms with E-state index in [1.54, 1.807) is 0 Å². The number of carbonyl (C=O) groups excluding carboxylic acids is 2. The van der Waals surface area contributed by atoms with Crippen molar-refractivity contribution in [3.63, 3.8) is 0 Å². The molecular formula is C21H29N5O3S. The Kier molecular flexibility index (Phi) is 6.08. The number of rotatable bonds is 3. The molecule has 30 heavy (non-hydrogen) atoms. The van der Waals surface area contributed by atoms with Crippen LogP contribution in [0.1, 0.15) is 53.2 Å². The van der Waals surface area contributed by atoms with Crippen molar-refractivity contribution in [2.45, 2.75) is 52.0 Å². The van der Waals surface area contributed by atoms with Crippen molar-refractivity contribution in [1.82, 2.24) is 20.2 Å². The number of esters is 1. The van der Waals surface area contributed by atoms with E-state index >= 15 is 0 Å². The molecule has 2 fully saturated rings. The summed E-state index contributed by atoms with van der Waals surface area (Å²) in [6, 6.07) is 0.365. The summed E-state index contributed by atoms with van der Waals surface area (Å²) in [5, 5.41) is 4.11. The number of anilines is 1. The highest BCUT2D eigenvalue weighted by Crippen LogP contribution is 2.36. The maximum absolute atomic E-state index is 12.7. The van der Waals surface area contributed by atoms with Crippen molar-refractivity contribution in [3.05, 3.63) is 16.3 Å². The molecule has 0 unspecified atom stereocenters. The average molecular weight is 432 g/mol. The van der Waals surface area contributed by atoms with E-state index in [-0.39, 0.29) is 12.0 Å². The minimum atomic E-state index is -0.344. The van der Waals surface area contributed by atoms with Crippen LogP contribution in [0.3, 0.4) is 0 Å². The lowest BCUT2D eigenvalue weighted by atomic mass is 9.96. The number of fused-ring (bicyclic) bond motifs is 1. The second-order valence-corrected chi connectivity index (χ2v) is 9.08. The minimum absolute atomic E-state index is 0.0465. The third-order valence-electron chi connectivity index (χ3n) is 6.05. The van der Waals surface area contributed by atoms with Gasteiger partial charge in [0.1, 0.15) is 21.3 Å². The summed E-state index contributed by atoms with van der Waals surface area (Å²) >= 11 is 1.35. The fraction of sp³-hybridized carbons (Fsp3) is 0.619. The van der Waals surface area contributed by atoms with Crippen molar-refractivity contribution in [3.8, 4) is 0 Å². The highest BCUT2D eigenvalue weighted by Gasteiger charge is 2.28. The molecule has 9 heteroatoms. The molecule has 1 saturated carbocycles. The zero-order valence-corrected chi connectivity index (χ0v) is 18.7. The van der Waals surface area contributed by atoms with Gasteiger partial charge in [-0.15, -0.1) is 11.3 Å².